The van der Waals surface area contributed by atoms with Gasteiger partial charge in [0, 0.05) is 5.56 Å². The summed E-state index contributed by atoms with van der Waals surface area (Å²) in [5.74, 6) is -0.479. The molecule has 0 aliphatic rings. The van der Waals surface area contributed by atoms with Gasteiger partial charge in [0.25, 0.3) is 0 Å². The molecular weight excluding hydrogens is 282 g/mol. The molecule has 1 unspecified atom stereocenters. The van der Waals surface area contributed by atoms with Crippen LogP contribution in [-0.4, -0.2) is 34.1 Å². The van der Waals surface area contributed by atoms with Gasteiger partial charge >= 0.3 is 5.97 Å². The van der Waals surface area contributed by atoms with E-state index in [0.717, 1.165) is 17.5 Å². The third-order valence-electron chi connectivity index (χ3n) is 3.33. The molecule has 0 amide bonds. The van der Waals surface area contributed by atoms with Crippen LogP contribution in [0.15, 0.2) is 24.3 Å². The van der Waals surface area contributed by atoms with Crippen LogP contribution in [0.1, 0.15) is 43.2 Å². The maximum absolute atomic E-state index is 11.9. The molecule has 1 heterocycles. The van der Waals surface area contributed by atoms with Gasteiger partial charge in [0.1, 0.15) is 5.69 Å². The van der Waals surface area contributed by atoms with Crippen LogP contribution < -0.4 is 0 Å². The first-order valence-electron chi connectivity index (χ1n) is 7.44. The Hall–Kier alpha value is -2.21. The first-order chi connectivity index (χ1) is 10.7. The number of nitrogens with one attached hydrogen (secondary N) is 1. The van der Waals surface area contributed by atoms with E-state index in [1.54, 1.807) is 6.92 Å². The predicted octanol–water partition coefficient (Wildman–Crippen LogP) is 2.96. The molecule has 6 heteroatoms. The summed E-state index contributed by atoms with van der Waals surface area (Å²) in [6.07, 6.45) is 1.18. The molecule has 1 aromatic carbocycles. The molecule has 6 nitrogen and oxygen atoms in total. The molecule has 1 aromatic heterocycles. The van der Waals surface area contributed by atoms with Crippen LogP contribution in [0, 0.1) is 0 Å². The fourth-order valence-electron chi connectivity index (χ4n) is 1.94. The largest absolute Gasteiger partial charge is 0.461 e. The molecular formula is C16H21N3O3. The van der Waals surface area contributed by atoms with Crippen molar-refractivity contribution in [2.45, 2.75) is 39.9 Å². The summed E-state index contributed by atoms with van der Waals surface area (Å²) >= 11 is 0. The van der Waals surface area contributed by atoms with Crippen molar-refractivity contribution in [3.8, 4) is 11.3 Å². The summed E-state index contributed by atoms with van der Waals surface area (Å²) in [5, 5.41) is 10.4. The van der Waals surface area contributed by atoms with Gasteiger partial charge in [-0.25, -0.2) is 4.79 Å². The number of ether oxygens (including phenoxy) is 2. The van der Waals surface area contributed by atoms with Crippen molar-refractivity contribution in [3.05, 3.63) is 35.5 Å². The minimum Gasteiger partial charge on any atom is -0.461 e. The monoisotopic (exact) mass is 303 g/mol. The Bertz CT molecular complexity index is 625. The topological polar surface area (TPSA) is 77.1 Å². The third-order valence-corrected chi connectivity index (χ3v) is 3.33. The van der Waals surface area contributed by atoms with E-state index in [4.69, 9.17) is 9.47 Å². The van der Waals surface area contributed by atoms with Crippen LogP contribution in [0.25, 0.3) is 11.3 Å². The molecule has 118 valence electrons. The molecule has 22 heavy (non-hydrogen) atoms. The van der Waals surface area contributed by atoms with Gasteiger partial charge in [0.15, 0.2) is 5.69 Å². The molecule has 0 saturated heterocycles. The van der Waals surface area contributed by atoms with E-state index in [1.165, 1.54) is 0 Å². The van der Waals surface area contributed by atoms with Gasteiger partial charge in [-0.15, -0.1) is 5.10 Å². The lowest BCUT2D eigenvalue weighted by molar-refractivity contribution is 0.0508. The Morgan fingerprint density at radius 1 is 1.32 bits per heavy atom. The van der Waals surface area contributed by atoms with Crippen molar-refractivity contribution in [2.24, 2.45) is 0 Å². The molecule has 0 saturated carbocycles. The maximum atomic E-state index is 11.9. The first-order valence-corrected chi connectivity index (χ1v) is 7.44. The normalized spacial score (nSPS) is 12.1. The summed E-state index contributed by atoms with van der Waals surface area (Å²) < 4.78 is 10.7. The molecule has 0 aliphatic heterocycles. The predicted molar refractivity (Wildman–Crippen MR) is 82.3 cm³/mol. The second kappa shape index (κ2) is 7.70. The fourth-order valence-corrected chi connectivity index (χ4v) is 1.94. The summed E-state index contributed by atoms with van der Waals surface area (Å²) in [4.78, 5) is 11.9. The van der Waals surface area contributed by atoms with Crippen molar-refractivity contribution < 1.29 is 14.3 Å². The number of esters is 1. The number of hydrogen-bond donors (Lipinski definition) is 1. The van der Waals surface area contributed by atoms with Crippen LogP contribution in [0.2, 0.25) is 0 Å². The van der Waals surface area contributed by atoms with Gasteiger partial charge in [-0.05, 0) is 31.9 Å². The Kier molecular flexibility index (Phi) is 5.66. The lowest BCUT2D eigenvalue weighted by Crippen LogP contribution is -2.07. The highest BCUT2D eigenvalue weighted by Gasteiger charge is 2.19. The quantitative estimate of drug-likeness (QED) is 0.796. The lowest BCUT2D eigenvalue weighted by atomic mass is 10.1. The van der Waals surface area contributed by atoms with Gasteiger partial charge in [0.2, 0.25) is 0 Å². The summed E-state index contributed by atoms with van der Waals surface area (Å²) in [6.45, 7) is 6.70. The average Bonchev–Trinajstić information content (AvgIpc) is 3.03. The van der Waals surface area contributed by atoms with Crippen molar-refractivity contribution in [2.75, 3.05) is 6.61 Å². The summed E-state index contributed by atoms with van der Waals surface area (Å²) in [7, 11) is 0. The number of nitrogens with zero attached hydrogens (tertiary/aromatic N) is 2. The van der Waals surface area contributed by atoms with Gasteiger partial charge in [-0.2, -0.15) is 10.3 Å². The lowest BCUT2D eigenvalue weighted by Gasteiger charge is -2.11. The molecule has 2 rings (SSSR count). The van der Waals surface area contributed by atoms with E-state index in [9.17, 15) is 4.79 Å². The highest BCUT2D eigenvalue weighted by Crippen LogP contribution is 2.22. The van der Waals surface area contributed by atoms with Crippen LogP contribution >= 0.6 is 0 Å². The van der Waals surface area contributed by atoms with E-state index in [-0.39, 0.29) is 11.8 Å². The standard InChI is InChI=1S/C16H21N3O3/c1-4-11(3)22-10-12-7-6-8-13(9-12)14-15(18-19-17-14)16(20)21-5-2/h6-9,11H,4-5,10H2,1-3H3,(H,17,18,19). The van der Waals surface area contributed by atoms with Crippen LogP contribution in [-0.2, 0) is 16.1 Å². The van der Waals surface area contributed by atoms with Crippen molar-refractivity contribution in [1.29, 1.82) is 0 Å². The summed E-state index contributed by atoms with van der Waals surface area (Å²) in [5.41, 5.74) is 2.52. The van der Waals surface area contributed by atoms with E-state index in [2.05, 4.69) is 22.3 Å². The van der Waals surface area contributed by atoms with Crippen LogP contribution in [0.4, 0.5) is 0 Å². The molecule has 0 radical (unpaired) electrons. The molecule has 0 fully saturated rings. The zero-order chi connectivity index (χ0) is 15.9. The number of benzene rings is 1. The number of rotatable bonds is 7. The van der Waals surface area contributed by atoms with Crippen molar-refractivity contribution in [1.82, 2.24) is 15.4 Å². The Balaban J connectivity index is 2.19. The van der Waals surface area contributed by atoms with Crippen molar-refractivity contribution >= 4 is 5.97 Å². The van der Waals surface area contributed by atoms with Crippen molar-refractivity contribution in [3.63, 3.8) is 0 Å². The Morgan fingerprint density at radius 2 is 2.14 bits per heavy atom. The number of H-pyrrole nitrogens is 1. The van der Waals surface area contributed by atoms with Gasteiger partial charge in [-0.3, -0.25) is 0 Å². The van der Waals surface area contributed by atoms with Gasteiger partial charge in [0.05, 0.1) is 19.3 Å². The maximum Gasteiger partial charge on any atom is 0.361 e. The molecule has 0 aliphatic carbocycles. The Labute approximate surface area is 129 Å². The zero-order valence-electron chi connectivity index (χ0n) is 13.1. The summed E-state index contributed by atoms with van der Waals surface area (Å²) in [6, 6.07) is 7.72. The zero-order valence-corrected chi connectivity index (χ0v) is 13.1. The smallest absolute Gasteiger partial charge is 0.361 e. The second-order valence-electron chi connectivity index (χ2n) is 4.97. The third kappa shape index (κ3) is 3.92. The molecule has 1 N–H and O–H groups in total. The highest BCUT2D eigenvalue weighted by atomic mass is 16.5. The van der Waals surface area contributed by atoms with E-state index < -0.39 is 5.97 Å². The van der Waals surface area contributed by atoms with E-state index in [1.807, 2.05) is 31.2 Å². The van der Waals surface area contributed by atoms with Gasteiger partial charge < -0.3 is 9.47 Å². The minimum atomic E-state index is -0.479. The highest BCUT2D eigenvalue weighted by molar-refractivity contribution is 5.93. The molecule has 2 aromatic rings. The van der Waals surface area contributed by atoms with Crippen LogP contribution in [0.5, 0.6) is 0 Å². The first kappa shape index (κ1) is 16.2. The minimum absolute atomic E-state index is 0.196. The fraction of sp³-hybridized carbons (Fsp3) is 0.438. The van der Waals surface area contributed by atoms with E-state index >= 15 is 0 Å². The number of carbonyl (C=O) groups is 1. The molecule has 0 spiro atoms. The molecule has 1 atom stereocenters. The SMILES string of the molecule is CCOC(=O)c1n[nH]nc1-c1cccc(COC(C)CC)c1. The number of carbonyl (C=O) groups excluding carboxylic acids is 1. The second-order valence-corrected chi connectivity index (χ2v) is 4.97. The van der Waals surface area contributed by atoms with Gasteiger partial charge in [-0.1, -0.05) is 25.1 Å². The average molecular weight is 303 g/mol. The van der Waals surface area contributed by atoms with E-state index in [0.29, 0.717) is 18.9 Å². The number of aromatic nitrogens is 3. The Morgan fingerprint density at radius 3 is 2.86 bits per heavy atom. The molecule has 0 bridgehead atoms. The van der Waals surface area contributed by atoms with Crippen LogP contribution in [0.3, 0.4) is 0 Å². The number of hydrogen-bond acceptors (Lipinski definition) is 5. The number of aromatic amines is 1.